The Bertz CT molecular complexity index is 1480. The van der Waals surface area contributed by atoms with E-state index in [4.69, 9.17) is 0 Å². The lowest BCUT2D eigenvalue weighted by atomic mass is 9.90. The molecule has 2 heterocycles. The van der Waals surface area contributed by atoms with Gasteiger partial charge in [0.1, 0.15) is 4.75 Å². The van der Waals surface area contributed by atoms with Crippen molar-refractivity contribution in [2.45, 2.75) is 40.5 Å². The Labute approximate surface area is 233 Å². The van der Waals surface area contributed by atoms with E-state index in [-0.39, 0.29) is 42.0 Å². The fourth-order valence-corrected chi connectivity index (χ4v) is 7.42. The Morgan fingerprint density at radius 2 is 1.52 bits per heavy atom. The molecule has 1 aliphatic heterocycles. The first-order chi connectivity index (χ1) is 18.5. The molecule has 4 rings (SSSR count). The zero-order valence-electron chi connectivity index (χ0n) is 20.3. The number of hydrogen-bond acceptors (Lipinski definition) is 4. The van der Waals surface area contributed by atoms with Gasteiger partial charge in [-0.25, -0.2) is 12.8 Å². The third-order valence-electron chi connectivity index (χ3n) is 6.90. The maximum Gasteiger partial charge on any atom is 0.435 e. The molecule has 0 aliphatic carbocycles. The molecule has 0 spiro atoms. The van der Waals surface area contributed by atoms with Gasteiger partial charge in [0.15, 0.2) is 9.84 Å². The monoisotopic (exact) mass is 652 g/mol. The van der Waals surface area contributed by atoms with E-state index in [0.29, 0.717) is 10.0 Å². The number of likely N-dealkylation sites (tertiary alicyclic amines) is 1. The third-order valence-corrected chi connectivity index (χ3v) is 9.87. The number of halogens is 8. The Morgan fingerprint density at radius 3 is 2.08 bits per heavy atom. The predicted octanol–water partition coefficient (Wildman–Crippen LogP) is 6.28. The summed E-state index contributed by atoms with van der Waals surface area (Å²) >= 11 is 3.19. The van der Waals surface area contributed by atoms with Crippen LogP contribution in [0.15, 0.2) is 82.4 Å². The number of alkyl halides is 7. The summed E-state index contributed by atoms with van der Waals surface area (Å²) in [7, 11) is -4.39. The minimum absolute atomic E-state index is 0.0585. The Kier molecular flexibility index (Phi) is 7.82. The molecule has 2 aromatic carbocycles. The lowest BCUT2D eigenvalue weighted by Gasteiger charge is -2.32. The van der Waals surface area contributed by atoms with Crippen LogP contribution in [0.4, 0.5) is 30.7 Å². The highest BCUT2D eigenvalue weighted by Crippen LogP contribution is 2.53. The second-order valence-corrected chi connectivity index (χ2v) is 12.5. The van der Waals surface area contributed by atoms with Gasteiger partial charge >= 0.3 is 18.0 Å². The number of sulfone groups is 1. The van der Waals surface area contributed by atoms with Gasteiger partial charge in [-0.15, -0.1) is 0 Å². The highest BCUT2D eigenvalue weighted by Gasteiger charge is 2.73. The van der Waals surface area contributed by atoms with Gasteiger partial charge in [-0.2, -0.15) is 26.3 Å². The van der Waals surface area contributed by atoms with E-state index in [9.17, 15) is 43.9 Å². The number of benzene rings is 2. The van der Waals surface area contributed by atoms with Gasteiger partial charge in [-0.1, -0.05) is 46.3 Å². The van der Waals surface area contributed by atoms with Crippen LogP contribution < -0.4 is 0 Å². The molecular formula is C26H20BrF7N2O3S. The van der Waals surface area contributed by atoms with Crippen molar-refractivity contribution < 1.29 is 43.9 Å². The number of amides is 1. The number of nitrogens with zero attached hydrogens (tertiary/aromatic N) is 2. The molecule has 5 nitrogen and oxygen atoms in total. The van der Waals surface area contributed by atoms with Crippen molar-refractivity contribution in [3.05, 3.63) is 94.2 Å². The van der Waals surface area contributed by atoms with Crippen LogP contribution in [0, 0.1) is 0 Å². The zero-order chi connectivity index (χ0) is 29.6. The van der Waals surface area contributed by atoms with Crippen molar-refractivity contribution in [3.8, 4) is 0 Å². The third kappa shape index (κ3) is 5.11. The molecule has 14 heteroatoms. The summed E-state index contributed by atoms with van der Waals surface area (Å²) in [5.41, 5.74) is -6.98. The summed E-state index contributed by atoms with van der Waals surface area (Å²) in [6, 6.07) is 10.9. The van der Waals surface area contributed by atoms with Crippen molar-refractivity contribution in [3.63, 3.8) is 0 Å². The van der Waals surface area contributed by atoms with Crippen molar-refractivity contribution in [2.24, 2.45) is 0 Å². The van der Waals surface area contributed by atoms with Crippen LogP contribution in [0.1, 0.15) is 23.1 Å². The fourth-order valence-electron chi connectivity index (χ4n) is 4.74. The number of rotatable bonds is 6. The maximum atomic E-state index is 14.6. The van der Waals surface area contributed by atoms with Crippen LogP contribution in [-0.4, -0.2) is 49.7 Å². The summed E-state index contributed by atoms with van der Waals surface area (Å²) in [5, 5.41) is 0. The minimum atomic E-state index is -6.32. The molecule has 214 valence electrons. The summed E-state index contributed by atoms with van der Waals surface area (Å²) in [5.74, 6) is -0.439. The molecule has 0 N–H and O–H groups in total. The van der Waals surface area contributed by atoms with Gasteiger partial charge in [-0.3, -0.25) is 9.78 Å². The first kappa shape index (κ1) is 30.0. The summed E-state index contributed by atoms with van der Waals surface area (Å²) < 4.78 is 121. The lowest BCUT2D eigenvalue weighted by Crippen LogP contribution is -2.50. The molecule has 1 saturated heterocycles. The van der Waals surface area contributed by atoms with Gasteiger partial charge in [0, 0.05) is 35.5 Å². The zero-order valence-corrected chi connectivity index (χ0v) is 22.7. The quantitative estimate of drug-likeness (QED) is 0.294. The fraction of sp³-hybridized carbons (Fsp3) is 0.308. The second kappa shape index (κ2) is 10.4. The molecule has 40 heavy (non-hydrogen) atoms. The summed E-state index contributed by atoms with van der Waals surface area (Å²) in [6.07, 6.45) is -9.99. The van der Waals surface area contributed by atoms with Crippen LogP contribution in [-0.2, 0) is 31.5 Å². The van der Waals surface area contributed by atoms with Crippen molar-refractivity contribution in [1.82, 2.24) is 9.88 Å². The van der Waals surface area contributed by atoms with Crippen LogP contribution >= 0.6 is 15.9 Å². The first-order valence-corrected chi connectivity index (χ1v) is 13.9. The van der Waals surface area contributed by atoms with Gasteiger partial charge in [-0.05, 0) is 47.9 Å². The summed E-state index contributed by atoms with van der Waals surface area (Å²) in [4.78, 5) is 18.0. The van der Waals surface area contributed by atoms with Gasteiger partial charge < -0.3 is 4.90 Å². The van der Waals surface area contributed by atoms with E-state index in [2.05, 4.69) is 20.9 Å². The number of carbonyl (C=O) groups excluding carboxylic acids is 1. The largest absolute Gasteiger partial charge is 0.435 e. The van der Waals surface area contributed by atoms with E-state index < -0.39 is 50.6 Å². The van der Waals surface area contributed by atoms with Gasteiger partial charge in [0.05, 0.1) is 11.3 Å². The molecule has 0 saturated carbocycles. The summed E-state index contributed by atoms with van der Waals surface area (Å²) in [6.45, 7) is -0.485. The van der Waals surface area contributed by atoms with Crippen LogP contribution in [0.25, 0.3) is 0 Å². The normalized spacial score (nSPS) is 18.6. The molecular weight excluding hydrogens is 633 g/mol. The predicted molar refractivity (Wildman–Crippen MR) is 133 cm³/mol. The first-order valence-electron chi connectivity index (χ1n) is 11.6. The molecule has 1 unspecified atom stereocenters. The molecule has 0 bridgehead atoms. The smallest absolute Gasteiger partial charge is 0.340 e. The number of hydrogen-bond donors (Lipinski definition) is 0. The number of carbonyl (C=O) groups is 1. The molecule has 1 fully saturated rings. The molecule has 1 atom stereocenters. The molecule has 0 radical (unpaired) electrons. The van der Waals surface area contributed by atoms with E-state index in [1.165, 1.54) is 35.5 Å². The highest BCUT2D eigenvalue weighted by atomic mass is 79.9. The van der Waals surface area contributed by atoms with E-state index in [0.717, 1.165) is 12.1 Å². The van der Waals surface area contributed by atoms with Crippen LogP contribution in [0.2, 0.25) is 0 Å². The molecule has 1 aromatic heterocycles. The van der Waals surface area contributed by atoms with Crippen molar-refractivity contribution in [1.29, 1.82) is 0 Å². The average Bonchev–Trinajstić information content (AvgIpc) is 3.35. The minimum Gasteiger partial charge on any atom is -0.340 e. The van der Waals surface area contributed by atoms with E-state index >= 15 is 0 Å². The van der Waals surface area contributed by atoms with Crippen molar-refractivity contribution >= 4 is 31.7 Å². The van der Waals surface area contributed by atoms with Gasteiger partial charge in [0.25, 0.3) is 0 Å². The van der Waals surface area contributed by atoms with E-state index in [1.807, 2.05) is 0 Å². The topological polar surface area (TPSA) is 67.3 Å². The SMILES string of the molecule is O=C(Cc1ccncc1)N1CCC(c2ccc(C(F)(C(F)(F)F)C(F)(F)F)cc2)(S(=O)(=O)c2cccc(Br)c2)C1. The Morgan fingerprint density at radius 1 is 0.925 bits per heavy atom. The number of pyridine rings is 1. The molecule has 3 aromatic rings. The number of aromatic nitrogens is 1. The van der Waals surface area contributed by atoms with E-state index in [1.54, 1.807) is 18.2 Å². The lowest BCUT2D eigenvalue weighted by molar-refractivity contribution is -0.348. The molecule has 1 aliphatic rings. The Balaban J connectivity index is 1.80. The second-order valence-electron chi connectivity index (χ2n) is 9.28. The maximum absolute atomic E-state index is 14.6. The van der Waals surface area contributed by atoms with Gasteiger partial charge in [0.2, 0.25) is 5.91 Å². The van der Waals surface area contributed by atoms with Crippen molar-refractivity contribution in [2.75, 3.05) is 13.1 Å². The average molecular weight is 653 g/mol. The molecule has 1 amide bonds. The Hall–Kier alpha value is -3.00. The van der Waals surface area contributed by atoms with Crippen LogP contribution in [0.5, 0.6) is 0 Å². The standard InChI is InChI=1S/C26H20BrF7N2O3S/c27-20-2-1-3-21(15-20)40(38,39)23(10-13-36(16-23)22(37)14-17-8-11-35-12-9-17)18-4-6-19(7-5-18)24(28,25(29,30)31)26(32,33)34/h1-9,11-12,15H,10,13-14,16H2. The highest BCUT2D eigenvalue weighted by molar-refractivity contribution is 9.10. The van der Waals surface area contributed by atoms with Crippen LogP contribution in [0.3, 0.4) is 0 Å².